The van der Waals surface area contributed by atoms with Crippen molar-refractivity contribution in [2.45, 2.75) is 19.3 Å². The molecule has 0 aromatic heterocycles. The highest BCUT2D eigenvalue weighted by Gasteiger charge is 2.10. The minimum absolute atomic E-state index is 0.0508. The van der Waals surface area contributed by atoms with Gasteiger partial charge in [-0.1, -0.05) is 66.2 Å². The number of benzene rings is 3. The number of nitrogens with one attached hydrogen (secondary N) is 1. The third-order valence-corrected chi connectivity index (χ3v) is 4.60. The predicted molar refractivity (Wildman–Crippen MR) is 105 cm³/mol. The van der Waals surface area contributed by atoms with Gasteiger partial charge in [0.2, 0.25) is 0 Å². The quantitative estimate of drug-likeness (QED) is 0.580. The zero-order valence-corrected chi connectivity index (χ0v) is 15.5. The second-order valence-corrected chi connectivity index (χ2v) is 6.56. The molecule has 0 bridgehead atoms. The van der Waals surface area contributed by atoms with Gasteiger partial charge in [0.15, 0.2) is 0 Å². The highest BCUT2D eigenvalue weighted by molar-refractivity contribution is 6.31. The van der Waals surface area contributed by atoms with E-state index in [1.54, 1.807) is 12.1 Å². The molecular formula is C22H21ClFNO2. The summed E-state index contributed by atoms with van der Waals surface area (Å²) in [4.78, 5) is 0. The number of ether oxygens (including phenoxy) is 1. The summed E-state index contributed by atoms with van der Waals surface area (Å²) in [5, 5.41) is 13.8. The monoisotopic (exact) mass is 385 g/mol. The van der Waals surface area contributed by atoms with Crippen molar-refractivity contribution in [3.63, 3.8) is 0 Å². The maximum Gasteiger partial charge on any atom is 0.131 e. The van der Waals surface area contributed by atoms with Crippen LogP contribution >= 0.6 is 11.6 Å². The van der Waals surface area contributed by atoms with Crippen LogP contribution in [0.5, 0.6) is 5.75 Å². The fourth-order valence-electron chi connectivity index (χ4n) is 2.75. The van der Waals surface area contributed by atoms with Crippen LogP contribution in [-0.4, -0.2) is 11.7 Å². The lowest BCUT2D eigenvalue weighted by molar-refractivity contribution is 0.174. The van der Waals surface area contributed by atoms with Gasteiger partial charge in [0.1, 0.15) is 18.2 Å². The average Bonchev–Trinajstić information content (AvgIpc) is 2.69. The number of para-hydroxylation sites is 1. The summed E-state index contributed by atoms with van der Waals surface area (Å²) in [5.74, 6) is 0.266. The zero-order valence-electron chi connectivity index (χ0n) is 14.7. The molecule has 3 rings (SSSR count). The lowest BCUT2D eigenvalue weighted by atomic mass is 10.1. The molecule has 0 fully saturated rings. The first-order valence-electron chi connectivity index (χ1n) is 8.72. The van der Waals surface area contributed by atoms with Gasteiger partial charge in [-0.25, -0.2) is 4.39 Å². The van der Waals surface area contributed by atoms with Gasteiger partial charge in [-0.15, -0.1) is 0 Å². The molecule has 1 atom stereocenters. The predicted octanol–water partition coefficient (Wildman–Crippen LogP) is 4.88. The largest absolute Gasteiger partial charge is 0.488 e. The first-order valence-corrected chi connectivity index (χ1v) is 9.10. The third kappa shape index (κ3) is 5.30. The summed E-state index contributed by atoms with van der Waals surface area (Å²) in [6.07, 6.45) is -0.587. The number of halogens is 2. The molecule has 3 nitrogen and oxygen atoms in total. The molecule has 0 aliphatic heterocycles. The lowest BCUT2D eigenvalue weighted by Gasteiger charge is -2.15. The van der Waals surface area contributed by atoms with Gasteiger partial charge in [0, 0.05) is 24.2 Å². The van der Waals surface area contributed by atoms with E-state index < -0.39 is 6.10 Å². The minimum Gasteiger partial charge on any atom is -0.488 e. The van der Waals surface area contributed by atoms with Crippen molar-refractivity contribution in [1.29, 1.82) is 0 Å². The van der Waals surface area contributed by atoms with E-state index in [9.17, 15) is 9.50 Å². The van der Waals surface area contributed by atoms with Crippen LogP contribution in [-0.2, 0) is 13.2 Å². The van der Waals surface area contributed by atoms with Crippen LogP contribution < -0.4 is 10.1 Å². The van der Waals surface area contributed by atoms with Gasteiger partial charge in [-0.2, -0.15) is 0 Å². The molecule has 0 spiro atoms. The van der Waals surface area contributed by atoms with E-state index in [2.05, 4.69) is 5.32 Å². The summed E-state index contributed by atoms with van der Waals surface area (Å²) >= 11 is 6.05. The first kappa shape index (κ1) is 19.4. The number of hydrogen-bond donors (Lipinski definition) is 2. The lowest BCUT2D eigenvalue weighted by Crippen LogP contribution is -2.21. The van der Waals surface area contributed by atoms with Crippen molar-refractivity contribution in [2.24, 2.45) is 0 Å². The van der Waals surface area contributed by atoms with E-state index in [-0.39, 0.29) is 12.4 Å². The topological polar surface area (TPSA) is 41.5 Å². The Morgan fingerprint density at radius 2 is 1.70 bits per heavy atom. The molecule has 0 unspecified atom stereocenters. The summed E-state index contributed by atoms with van der Waals surface area (Å²) in [5.41, 5.74) is 2.12. The average molecular weight is 386 g/mol. The smallest absolute Gasteiger partial charge is 0.131 e. The SMILES string of the molecule is O[C@H](CNCc1ccccc1OCc1c(F)cccc1Cl)c1ccccc1. The van der Waals surface area contributed by atoms with E-state index in [1.807, 2.05) is 54.6 Å². The van der Waals surface area contributed by atoms with Gasteiger partial charge in [0.05, 0.1) is 11.1 Å². The van der Waals surface area contributed by atoms with E-state index in [0.29, 0.717) is 29.4 Å². The zero-order chi connectivity index (χ0) is 19.1. The van der Waals surface area contributed by atoms with Gasteiger partial charge in [0.25, 0.3) is 0 Å². The van der Waals surface area contributed by atoms with Crippen LogP contribution in [0.2, 0.25) is 5.02 Å². The Kier molecular flexibility index (Phi) is 6.82. The Bertz CT molecular complexity index is 853. The Morgan fingerprint density at radius 1 is 0.963 bits per heavy atom. The number of hydrogen-bond acceptors (Lipinski definition) is 3. The molecule has 0 radical (unpaired) electrons. The number of aliphatic hydroxyl groups is 1. The van der Waals surface area contributed by atoms with Crippen LogP contribution in [0.15, 0.2) is 72.8 Å². The van der Waals surface area contributed by atoms with E-state index in [1.165, 1.54) is 6.07 Å². The summed E-state index contributed by atoms with van der Waals surface area (Å²) < 4.78 is 19.7. The molecule has 3 aromatic rings. The van der Waals surface area contributed by atoms with Crippen molar-refractivity contribution in [3.8, 4) is 5.75 Å². The summed E-state index contributed by atoms with van der Waals surface area (Å²) in [7, 11) is 0. The molecule has 140 valence electrons. The van der Waals surface area contributed by atoms with Crippen molar-refractivity contribution in [2.75, 3.05) is 6.54 Å². The van der Waals surface area contributed by atoms with E-state index >= 15 is 0 Å². The van der Waals surface area contributed by atoms with Crippen molar-refractivity contribution >= 4 is 11.6 Å². The molecule has 27 heavy (non-hydrogen) atoms. The Balaban J connectivity index is 1.59. The molecule has 0 amide bonds. The molecule has 2 N–H and O–H groups in total. The molecule has 0 aliphatic carbocycles. The van der Waals surface area contributed by atoms with Gasteiger partial charge in [-0.3, -0.25) is 0 Å². The second kappa shape index (κ2) is 9.51. The van der Waals surface area contributed by atoms with E-state index in [4.69, 9.17) is 16.3 Å². The van der Waals surface area contributed by atoms with Crippen LogP contribution in [0.1, 0.15) is 22.8 Å². The standard InChI is InChI=1S/C22H21ClFNO2/c23-19-10-6-11-20(24)18(19)15-27-22-12-5-4-9-17(22)13-25-14-21(26)16-7-2-1-3-8-16/h1-12,21,25-26H,13-15H2/t21-/m1/s1. The van der Waals surface area contributed by atoms with E-state index in [0.717, 1.165) is 11.1 Å². The second-order valence-electron chi connectivity index (χ2n) is 6.15. The Morgan fingerprint density at radius 3 is 2.48 bits per heavy atom. The molecule has 0 heterocycles. The third-order valence-electron chi connectivity index (χ3n) is 4.24. The van der Waals surface area contributed by atoms with Crippen LogP contribution in [0.4, 0.5) is 4.39 Å². The maximum atomic E-state index is 13.9. The van der Waals surface area contributed by atoms with Crippen molar-refractivity contribution in [3.05, 3.63) is 100 Å². The van der Waals surface area contributed by atoms with Gasteiger partial charge < -0.3 is 15.2 Å². The Labute approximate surface area is 163 Å². The minimum atomic E-state index is -0.587. The van der Waals surface area contributed by atoms with Crippen LogP contribution in [0.3, 0.4) is 0 Å². The molecule has 0 saturated heterocycles. The van der Waals surface area contributed by atoms with Crippen molar-refractivity contribution < 1.29 is 14.2 Å². The molecule has 5 heteroatoms. The van der Waals surface area contributed by atoms with Crippen molar-refractivity contribution in [1.82, 2.24) is 5.32 Å². The summed E-state index contributed by atoms with van der Waals surface area (Å²) in [6, 6.07) is 21.6. The fourth-order valence-corrected chi connectivity index (χ4v) is 2.96. The Hall–Kier alpha value is -2.40. The molecule has 3 aromatic carbocycles. The van der Waals surface area contributed by atoms with Gasteiger partial charge >= 0.3 is 0 Å². The fraction of sp³-hybridized carbons (Fsp3) is 0.182. The molecular weight excluding hydrogens is 365 g/mol. The summed E-state index contributed by atoms with van der Waals surface area (Å²) in [6.45, 7) is 0.984. The number of aliphatic hydroxyl groups excluding tert-OH is 1. The normalized spacial score (nSPS) is 12.0. The van der Waals surface area contributed by atoms with Gasteiger partial charge in [-0.05, 0) is 23.8 Å². The first-order chi connectivity index (χ1) is 13.1. The number of rotatable bonds is 8. The van der Waals surface area contributed by atoms with Crippen LogP contribution in [0, 0.1) is 5.82 Å². The van der Waals surface area contributed by atoms with Crippen LogP contribution in [0.25, 0.3) is 0 Å². The maximum absolute atomic E-state index is 13.9. The molecule has 0 saturated carbocycles. The highest BCUT2D eigenvalue weighted by Crippen LogP contribution is 2.24. The molecule has 0 aliphatic rings. The highest BCUT2D eigenvalue weighted by atomic mass is 35.5.